The molecule has 0 spiro atoms. The monoisotopic (exact) mass is 309 g/mol. The average molecular weight is 310 g/mol. The molecule has 2 aromatic rings. The third-order valence-corrected chi connectivity index (χ3v) is 3.22. The van der Waals surface area contributed by atoms with E-state index in [0.717, 1.165) is 10.2 Å². The molecule has 0 aliphatic heterocycles. The highest BCUT2D eigenvalue weighted by molar-refractivity contribution is 9.10. The molecule has 0 amide bonds. The summed E-state index contributed by atoms with van der Waals surface area (Å²) in [5.74, 6) is 1.54. The van der Waals surface area contributed by atoms with Gasteiger partial charge in [-0.1, -0.05) is 19.9 Å². The predicted octanol–water partition coefficient (Wildman–Crippen LogP) is 3.88. The number of aromatic nitrogens is 2. The van der Waals surface area contributed by atoms with Gasteiger partial charge in [-0.05, 0) is 40.5 Å². The first-order chi connectivity index (χ1) is 8.56. The maximum Gasteiger partial charge on any atom is 0.235 e. The van der Waals surface area contributed by atoms with Crippen molar-refractivity contribution >= 4 is 21.6 Å². The van der Waals surface area contributed by atoms with Gasteiger partial charge in [0.2, 0.25) is 11.8 Å². The Hall–Kier alpha value is -1.36. The summed E-state index contributed by atoms with van der Waals surface area (Å²) in [5, 5.41) is 11.3. The van der Waals surface area contributed by atoms with Gasteiger partial charge in [0, 0.05) is 16.1 Å². The van der Waals surface area contributed by atoms with Crippen molar-refractivity contribution in [1.29, 1.82) is 0 Å². The first-order valence-electron chi connectivity index (χ1n) is 5.88. The summed E-state index contributed by atoms with van der Waals surface area (Å²) in [6.07, 6.45) is 0. The van der Waals surface area contributed by atoms with E-state index in [9.17, 15) is 0 Å². The topological polar surface area (TPSA) is 51.0 Å². The van der Waals surface area contributed by atoms with Gasteiger partial charge in [0.25, 0.3) is 0 Å². The van der Waals surface area contributed by atoms with Gasteiger partial charge in [-0.15, -0.1) is 10.2 Å². The number of nitrogens with zero attached hydrogens (tertiary/aromatic N) is 2. The van der Waals surface area contributed by atoms with E-state index in [0.29, 0.717) is 18.3 Å². The lowest BCUT2D eigenvalue weighted by molar-refractivity contribution is 0.437. The lowest BCUT2D eigenvalue weighted by atomic mass is 10.2. The van der Waals surface area contributed by atoms with Crippen LogP contribution in [-0.2, 0) is 6.54 Å². The Kier molecular flexibility index (Phi) is 4.01. The number of aryl methyl sites for hydroxylation is 1. The molecule has 96 valence electrons. The Bertz CT molecular complexity index is 537. The van der Waals surface area contributed by atoms with Crippen molar-refractivity contribution in [3.05, 3.63) is 40.0 Å². The summed E-state index contributed by atoms with van der Waals surface area (Å²) >= 11 is 3.50. The molecule has 18 heavy (non-hydrogen) atoms. The summed E-state index contributed by atoms with van der Waals surface area (Å²) in [4.78, 5) is 0. The van der Waals surface area contributed by atoms with Crippen molar-refractivity contribution < 1.29 is 4.42 Å². The van der Waals surface area contributed by atoms with E-state index in [-0.39, 0.29) is 5.92 Å². The van der Waals surface area contributed by atoms with Crippen molar-refractivity contribution in [1.82, 2.24) is 10.2 Å². The molecule has 0 saturated carbocycles. The molecule has 5 heteroatoms. The Morgan fingerprint density at radius 1 is 1.33 bits per heavy atom. The van der Waals surface area contributed by atoms with Crippen LogP contribution in [0.4, 0.5) is 5.69 Å². The van der Waals surface area contributed by atoms with Crippen LogP contribution in [-0.4, -0.2) is 10.2 Å². The van der Waals surface area contributed by atoms with Crippen molar-refractivity contribution in [3.8, 4) is 0 Å². The van der Waals surface area contributed by atoms with Crippen molar-refractivity contribution in [2.24, 2.45) is 0 Å². The average Bonchev–Trinajstić information content (AvgIpc) is 2.79. The number of hydrogen-bond donors (Lipinski definition) is 1. The Labute approximate surface area is 115 Å². The number of nitrogens with one attached hydrogen (secondary N) is 1. The van der Waals surface area contributed by atoms with E-state index < -0.39 is 0 Å². The minimum Gasteiger partial charge on any atom is -0.423 e. The van der Waals surface area contributed by atoms with E-state index in [2.05, 4.69) is 50.5 Å². The van der Waals surface area contributed by atoms with E-state index in [1.165, 1.54) is 5.56 Å². The standard InChI is InChI=1S/C13H16BrN3O/c1-8(2)13-17-16-12(18-13)7-15-11-6-9(3)4-5-10(11)14/h4-6,8,15H,7H2,1-3H3. The highest BCUT2D eigenvalue weighted by Gasteiger charge is 2.09. The van der Waals surface area contributed by atoms with Gasteiger partial charge in [0.05, 0.1) is 6.54 Å². The van der Waals surface area contributed by atoms with Crippen LogP contribution >= 0.6 is 15.9 Å². The lowest BCUT2D eigenvalue weighted by Crippen LogP contribution is -2.00. The molecule has 0 fully saturated rings. The molecule has 2 rings (SSSR count). The molecule has 0 aliphatic rings. The molecule has 0 saturated heterocycles. The molecule has 1 aromatic carbocycles. The highest BCUT2D eigenvalue weighted by atomic mass is 79.9. The molecule has 1 aromatic heterocycles. The smallest absolute Gasteiger partial charge is 0.235 e. The van der Waals surface area contributed by atoms with Gasteiger partial charge in [-0.25, -0.2) is 0 Å². The summed E-state index contributed by atoms with van der Waals surface area (Å²) in [5.41, 5.74) is 2.23. The molecule has 0 atom stereocenters. The number of anilines is 1. The molecular weight excluding hydrogens is 294 g/mol. The fourth-order valence-electron chi connectivity index (χ4n) is 1.52. The van der Waals surface area contributed by atoms with Crippen molar-refractivity contribution in [2.45, 2.75) is 33.2 Å². The maximum atomic E-state index is 5.54. The third kappa shape index (κ3) is 3.10. The maximum absolute atomic E-state index is 5.54. The summed E-state index contributed by atoms with van der Waals surface area (Å²) in [6, 6.07) is 6.15. The second kappa shape index (κ2) is 5.52. The lowest BCUT2D eigenvalue weighted by Gasteiger charge is -2.07. The second-order valence-electron chi connectivity index (χ2n) is 4.53. The zero-order chi connectivity index (χ0) is 13.1. The number of benzene rings is 1. The highest BCUT2D eigenvalue weighted by Crippen LogP contribution is 2.24. The largest absolute Gasteiger partial charge is 0.423 e. The third-order valence-electron chi connectivity index (χ3n) is 2.53. The van der Waals surface area contributed by atoms with Gasteiger partial charge in [-0.2, -0.15) is 0 Å². The van der Waals surface area contributed by atoms with E-state index in [1.807, 2.05) is 19.9 Å². The molecule has 4 nitrogen and oxygen atoms in total. The second-order valence-corrected chi connectivity index (χ2v) is 5.38. The predicted molar refractivity (Wildman–Crippen MR) is 74.6 cm³/mol. The first kappa shape index (κ1) is 13.1. The van der Waals surface area contributed by atoms with Crippen LogP contribution in [0.3, 0.4) is 0 Å². The fourth-order valence-corrected chi connectivity index (χ4v) is 1.90. The van der Waals surface area contributed by atoms with Crippen LogP contribution in [0.2, 0.25) is 0 Å². The van der Waals surface area contributed by atoms with E-state index in [1.54, 1.807) is 0 Å². The van der Waals surface area contributed by atoms with Crippen LogP contribution < -0.4 is 5.32 Å². The summed E-state index contributed by atoms with van der Waals surface area (Å²) in [6.45, 7) is 6.65. The number of hydrogen-bond acceptors (Lipinski definition) is 4. The van der Waals surface area contributed by atoms with Crippen LogP contribution in [0.5, 0.6) is 0 Å². The molecule has 0 bridgehead atoms. The SMILES string of the molecule is Cc1ccc(Br)c(NCc2nnc(C(C)C)o2)c1. The van der Waals surface area contributed by atoms with E-state index >= 15 is 0 Å². The van der Waals surface area contributed by atoms with Crippen LogP contribution in [0, 0.1) is 6.92 Å². The minimum absolute atomic E-state index is 0.261. The van der Waals surface area contributed by atoms with Gasteiger partial charge in [-0.3, -0.25) is 0 Å². The first-order valence-corrected chi connectivity index (χ1v) is 6.68. The van der Waals surface area contributed by atoms with Crippen LogP contribution in [0.15, 0.2) is 27.1 Å². The molecular formula is C13H16BrN3O. The summed E-state index contributed by atoms with van der Waals surface area (Å²) < 4.78 is 6.56. The van der Waals surface area contributed by atoms with Crippen LogP contribution in [0.1, 0.15) is 37.1 Å². The fraction of sp³-hybridized carbons (Fsp3) is 0.385. The van der Waals surface area contributed by atoms with E-state index in [4.69, 9.17) is 4.42 Å². The zero-order valence-electron chi connectivity index (χ0n) is 10.7. The Morgan fingerprint density at radius 3 is 2.78 bits per heavy atom. The minimum atomic E-state index is 0.261. The number of rotatable bonds is 4. The normalized spacial score (nSPS) is 10.9. The van der Waals surface area contributed by atoms with Crippen molar-refractivity contribution in [2.75, 3.05) is 5.32 Å². The molecule has 0 unspecified atom stereocenters. The van der Waals surface area contributed by atoms with Crippen molar-refractivity contribution in [3.63, 3.8) is 0 Å². The zero-order valence-corrected chi connectivity index (χ0v) is 12.3. The summed E-state index contributed by atoms with van der Waals surface area (Å²) in [7, 11) is 0. The van der Waals surface area contributed by atoms with Gasteiger partial charge in [0.1, 0.15) is 0 Å². The molecule has 0 aliphatic carbocycles. The van der Waals surface area contributed by atoms with Gasteiger partial charge in [0.15, 0.2) is 0 Å². The number of halogens is 1. The quantitative estimate of drug-likeness (QED) is 0.931. The Balaban J connectivity index is 2.04. The Morgan fingerprint density at radius 2 is 2.11 bits per heavy atom. The molecule has 1 heterocycles. The van der Waals surface area contributed by atoms with Crippen LogP contribution in [0.25, 0.3) is 0 Å². The molecule has 0 radical (unpaired) electrons. The van der Waals surface area contributed by atoms with Gasteiger partial charge < -0.3 is 9.73 Å². The molecule has 1 N–H and O–H groups in total. The van der Waals surface area contributed by atoms with Gasteiger partial charge >= 0.3 is 0 Å².